The molecule has 292 valence electrons. The maximum Gasteiger partial charge on any atom is 0.261 e. The first-order chi connectivity index (χ1) is 25.0. The average molecular weight is 731 g/mol. The van der Waals surface area contributed by atoms with E-state index in [2.05, 4.69) is 88.4 Å². The fraction of sp³-hybridized carbons (Fsp3) is 0.721. The minimum absolute atomic E-state index is 0.0436. The molecule has 2 aromatic rings. The molecular weight excluding hydrogens is 657 g/mol. The fourth-order valence-electron chi connectivity index (χ4n) is 6.44. The van der Waals surface area contributed by atoms with Gasteiger partial charge in [0.25, 0.3) is 8.32 Å². The Balaban J connectivity index is 1.33. The van der Waals surface area contributed by atoms with Crippen molar-refractivity contribution >= 4 is 18.7 Å². The highest BCUT2D eigenvalue weighted by Gasteiger charge is 2.50. The highest BCUT2D eigenvalue weighted by atomic mass is 28.4. The topological polar surface area (TPSA) is 64.6 Å². The average Bonchev–Trinajstić information content (AvgIpc) is 3.14. The van der Waals surface area contributed by atoms with Crippen LogP contribution in [0.15, 0.2) is 60.7 Å². The maximum absolute atomic E-state index is 6.86. The second-order valence-corrected chi connectivity index (χ2v) is 18.7. The Morgan fingerprint density at radius 3 is 1.00 bits per heavy atom. The van der Waals surface area contributed by atoms with Crippen molar-refractivity contribution in [3.8, 4) is 0 Å². The molecule has 0 aliphatic heterocycles. The van der Waals surface area contributed by atoms with Crippen molar-refractivity contribution in [1.82, 2.24) is 0 Å². The van der Waals surface area contributed by atoms with Gasteiger partial charge in [-0.05, 0) is 21.8 Å². The normalized spacial score (nSPS) is 12.2. The Morgan fingerprint density at radius 1 is 0.373 bits per heavy atom. The lowest BCUT2D eigenvalue weighted by Gasteiger charge is -2.43. The van der Waals surface area contributed by atoms with Gasteiger partial charge in [-0.3, -0.25) is 0 Å². The fourth-order valence-corrected chi connectivity index (χ4v) is 11.0. The molecule has 0 aliphatic carbocycles. The van der Waals surface area contributed by atoms with Crippen LogP contribution in [0, 0.1) is 0 Å². The molecule has 0 atom stereocenters. The van der Waals surface area contributed by atoms with E-state index in [1.807, 2.05) is 0 Å². The van der Waals surface area contributed by atoms with Gasteiger partial charge in [0.1, 0.15) is 0 Å². The van der Waals surface area contributed by atoms with Crippen LogP contribution in [-0.4, -0.2) is 94.2 Å². The Kier molecular flexibility index (Phi) is 27.5. The van der Waals surface area contributed by atoms with Crippen LogP contribution in [0.3, 0.4) is 0 Å². The van der Waals surface area contributed by atoms with Crippen LogP contribution in [0.1, 0.15) is 111 Å². The molecule has 7 nitrogen and oxygen atoms in total. The minimum atomic E-state index is -2.52. The number of hydrogen-bond acceptors (Lipinski definition) is 7. The summed E-state index contributed by atoms with van der Waals surface area (Å²) >= 11 is 0. The van der Waals surface area contributed by atoms with E-state index in [0.717, 1.165) is 13.0 Å². The summed E-state index contributed by atoms with van der Waals surface area (Å²) < 4.78 is 40.9. The Bertz CT molecular complexity index is 979. The summed E-state index contributed by atoms with van der Waals surface area (Å²) in [6.07, 6.45) is 17.8. The van der Waals surface area contributed by atoms with Gasteiger partial charge in [-0.15, -0.1) is 0 Å². The number of rotatable bonds is 35. The zero-order chi connectivity index (χ0) is 36.6. The Morgan fingerprint density at radius 2 is 0.667 bits per heavy atom. The van der Waals surface area contributed by atoms with Crippen molar-refractivity contribution in [3.63, 3.8) is 0 Å². The number of benzene rings is 2. The van der Waals surface area contributed by atoms with Crippen LogP contribution in [0.4, 0.5) is 0 Å². The van der Waals surface area contributed by atoms with E-state index in [4.69, 9.17) is 32.8 Å². The first kappa shape index (κ1) is 45.5. The summed E-state index contributed by atoms with van der Waals surface area (Å²) in [5, 5.41) is 2.51. The molecule has 0 amide bonds. The van der Waals surface area contributed by atoms with Crippen molar-refractivity contribution < 1.29 is 32.8 Å². The zero-order valence-corrected chi connectivity index (χ0v) is 34.0. The molecule has 2 aromatic carbocycles. The van der Waals surface area contributed by atoms with Gasteiger partial charge >= 0.3 is 0 Å². The summed E-state index contributed by atoms with van der Waals surface area (Å²) in [5.41, 5.74) is 0. The third-order valence-electron chi connectivity index (χ3n) is 9.22. The lowest BCUT2D eigenvalue weighted by molar-refractivity contribution is -0.0180. The van der Waals surface area contributed by atoms with Crippen molar-refractivity contribution in [2.24, 2.45) is 0 Å². The van der Waals surface area contributed by atoms with Crippen LogP contribution in [0.25, 0.3) is 0 Å². The Labute approximate surface area is 313 Å². The second kappa shape index (κ2) is 30.8. The van der Waals surface area contributed by atoms with E-state index in [9.17, 15) is 0 Å². The van der Waals surface area contributed by atoms with Crippen molar-refractivity contribution in [1.29, 1.82) is 0 Å². The van der Waals surface area contributed by atoms with E-state index < -0.39 is 8.32 Å². The molecule has 0 saturated carbocycles. The molecule has 8 heteroatoms. The largest absolute Gasteiger partial charge is 0.405 e. The summed E-state index contributed by atoms with van der Waals surface area (Å²) in [5.74, 6) is 0. The van der Waals surface area contributed by atoms with Gasteiger partial charge in [0, 0.05) is 6.61 Å². The molecule has 0 unspecified atom stereocenters. The zero-order valence-electron chi connectivity index (χ0n) is 33.0. The Hall–Kier alpha value is -1.62. The summed E-state index contributed by atoms with van der Waals surface area (Å²) in [6.45, 7) is 16.7. The summed E-state index contributed by atoms with van der Waals surface area (Å²) in [6, 6.07) is 21.4. The smallest absolute Gasteiger partial charge is 0.261 e. The van der Waals surface area contributed by atoms with Gasteiger partial charge in [-0.1, -0.05) is 165 Å². The van der Waals surface area contributed by atoms with Crippen LogP contribution in [0.2, 0.25) is 5.04 Å². The predicted molar refractivity (Wildman–Crippen MR) is 214 cm³/mol. The van der Waals surface area contributed by atoms with Gasteiger partial charge in [0.05, 0.1) is 79.3 Å². The standard InChI is InChI=1S/C43H74O7Si/c1-5-6-7-8-9-10-11-12-13-14-15-16-23-28-44-29-30-45-31-32-46-33-34-47-35-36-48-37-38-49-39-40-50-51(43(2,3)4,41-24-19-17-20-25-41)42-26-21-18-22-27-42/h17-22,24-27H,5-16,23,28-40H2,1-4H3. The monoisotopic (exact) mass is 731 g/mol. The van der Waals surface area contributed by atoms with Crippen LogP contribution >= 0.6 is 0 Å². The van der Waals surface area contributed by atoms with Crippen LogP contribution < -0.4 is 10.4 Å². The molecular formula is C43H74O7Si. The van der Waals surface area contributed by atoms with E-state index in [-0.39, 0.29) is 5.04 Å². The summed E-state index contributed by atoms with van der Waals surface area (Å²) in [7, 11) is -2.52. The molecule has 0 saturated heterocycles. The van der Waals surface area contributed by atoms with Crippen molar-refractivity contribution in [2.45, 2.75) is 116 Å². The lowest BCUT2D eigenvalue weighted by atomic mass is 10.0. The molecule has 0 heterocycles. The molecule has 0 aliphatic rings. The van der Waals surface area contributed by atoms with Gasteiger partial charge in [0.15, 0.2) is 0 Å². The van der Waals surface area contributed by atoms with Crippen molar-refractivity contribution in [2.75, 3.05) is 85.9 Å². The summed E-state index contributed by atoms with van der Waals surface area (Å²) in [4.78, 5) is 0. The minimum Gasteiger partial charge on any atom is -0.405 e. The third kappa shape index (κ3) is 21.0. The molecule has 0 bridgehead atoms. The molecule has 0 fully saturated rings. The number of ether oxygens (including phenoxy) is 6. The molecule has 51 heavy (non-hydrogen) atoms. The highest BCUT2D eigenvalue weighted by molar-refractivity contribution is 6.99. The number of hydrogen-bond donors (Lipinski definition) is 0. The van der Waals surface area contributed by atoms with E-state index in [0.29, 0.717) is 79.3 Å². The van der Waals surface area contributed by atoms with Crippen molar-refractivity contribution in [3.05, 3.63) is 60.7 Å². The molecule has 0 N–H and O–H groups in total. The van der Waals surface area contributed by atoms with Crippen LogP contribution in [-0.2, 0) is 32.8 Å². The van der Waals surface area contributed by atoms with Gasteiger partial charge in [0.2, 0.25) is 0 Å². The molecule has 0 aromatic heterocycles. The van der Waals surface area contributed by atoms with E-state index >= 15 is 0 Å². The molecule has 0 spiro atoms. The third-order valence-corrected chi connectivity index (χ3v) is 14.3. The molecule has 2 rings (SSSR count). The van der Waals surface area contributed by atoms with Gasteiger partial charge < -0.3 is 32.8 Å². The van der Waals surface area contributed by atoms with Gasteiger partial charge in [-0.25, -0.2) is 0 Å². The SMILES string of the molecule is CCCCCCCCCCCCCCCOCCOCCOCCOCCOCCOCCO[Si](c1ccccc1)(c1ccccc1)C(C)(C)C. The molecule has 0 radical (unpaired) electrons. The maximum atomic E-state index is 6.86. The highest BCUT2D eigenvalue weighted by Crippen LogP contribution is 2.36. The first-order valence-corrected chi connectivity index (χ1v) is 22.1. The van der Waals surface area contributed by atoms with Crippen LogP contribution in [0.5, 0.6) is 0 Å². The van der Waals surface area contributed by atoms with E-state index in [1.165, 1.54) is 87.4 Å². The lowest BCUT2D eigenvalue weighted by Crippen LogP contribution is -2.66. The van der Waals surface area contributed by atoms with E-state index in [1.54, 1.807) is 0 Å². The number of unbranched alkanes of at least 4 members (excludes halogenated alkanes) is 12. The second-order valence-electron chi connectivity index (χ2n) is 14.4. The first-order valence-electron chi connectivity index (χ1n) is 20.2. The van der Waals surface area contributed by atoms with Gasteiger partial charge in [-0.2, -0.15) is 0 Å². The quantitative estimate of drug-likeness (QED) is 0.0519. The predicted octanol–water partition coefficient (Wildman–Crippen LogP) is 8.75.